The van der Waals surface area contributed by atoms with Gasteiger partial charge in [0.15, 0.2) is 0 Å². The van der Waals surface area contributed by atoms with Crippen LogP contribution in [-0.4, -0.2) is 34.6 Å². The van der Waals surface area contributed by atoms with Crippen molar-refractivity contribution in [1.29, 1.82) is 0 Å². The first-order chi connectivity index (χ1) is 9.40. The summed E-state index contributed by atoms with van der Waals surface area (Å²) in [7, 11) is 0. The smallest absolute Gasteiger partial charge is 0.253 e. The van der Waals surface area contributed by atoms with E-state index in [4.69, 9.17) is 5.73 Å². The molecular weight excluding hydrogens is 394 g/mol. The number of hydrogen-bond acceptors (Lipinski definition) is 3. The van der Waals surface area contributed by atoms with Gasteiger partial charge in [-0.25, -0.2) is 0 Å². The predicted molar refractivity (Wildman–Crippen MR) is 81.2 cm³/mol. The minimum absolute atomic E-state index is 0.224. The highest BCUT2D eigenvalue weighted by Crippen LogP contribution is 2.29. The van der Waals surface area contributed by atoms with Gasteiger partial charge in [0.1, 0.15) is 6.10 Å². The Labute approximate surface area is 131 Å². The minimum atomic E-state index is -1.40. The largest absolute Gasteiger partial charge is 0.381 e. The maximum absolute atomic E-state index is 12.0. The third-order valence-electron chi connectivity index (χ3n) is 2.75. The number of carbonyl (C=O) groups excluding carboxylic acids is 2. The van der Waals surface area contributed by atoms with E-state index in [1.54, 1.807) is 12.3 Å². The van der Waals surface area contributed by atoms with Crippen LogP contribution in [0.1, 0.15) is 10.4 Å². The van der Waals surface area contributed by atoms with E-state index in [-0.39, 0.29) is 6.54 Å². The lowest BCUT2D eigenvalue weighted by atomic mass is 10.1. The van der Waals surface area contributed by atoms with Gasteiger partial charge in [-0.3, -0.25) is 9.59 Å². The number of aliphatic hydroxyl groups is 1. The van der Waals surface area contributed by atoms with E-state index in [0.29, 0.717) is 5.56 Å². The second kappa shape index (κ2) is 5.94. The van der Waals surface area contributed by atoms with Crippen molar-refractivity contribution in [3.8, 4) is 0 Å². The molecule has 0 saturated carbocycles. The van der Waals surface area contributed by atoms with E-state index in [2.05, 4.69) is 42.2 Å². The Kier molecular flexibility index (Phi) is 4.46. The fourth-order valence-electron chi connectivity index (χ4n) is 1.69. The first-order valence-electron chi connectivity index (χ1n) is 5.62. The molecule has 5 N–H and O–H groups in total. The number of nitrogens with two attached hydrogens (primary N) is 1. The van der Waals surface area contributed by atoms with Gasteiger partial charge in [-0.05, 0) is 44.0 Å². The number of aromatic amines is 1. The second-order valence-electron chi connectivity index (χ2n) is 4.14. The van der Waals surface area contributed by atoms with Crippen LogP contribution >= 0.6 is 31.9 Å². The Balaban J connectivity index is 2.22. The quantitative estimate of drug-likeness (QED) is 0.616. The van der Waals surface area contributed by atoms with E-state index in [0.717, 1.165) is 19.8 Å². The van der Waals surface area contributed by atoms with Gasteiger partial charge in [-0.1, -0.05) is 0 Å². The highest BCUT2D eigenvalue weighted by atomic mass is 79.9. The van der Waals surface area contributed by atoms with Gasteiger partial charge in [0.2, 0.25) is 5.91 Å². The molecule has 0 aliphatic carbocycles. The van der Waals surface area contributed by atoms with Crippen molar-refractivity contribution in [2.75, 3.05) is 6.54 Å². The van der Waals surface area contributed by atoms with Crippen molar-refractivity contribution in [1.82, 2.24) is 10.3 Å². The molecule has 0 spiro atoms. The molecule has 0 fully saturated rings. The second-order valence-corrected chi connectivity index (χ2v) is 5.85. The van der Waals surface area contributed by atoms with Gasteiger partial charge < -0.3 is 21.1 Å². The number of primary amides is 1. The van der Waals surface area contributed by atoms with Gasteiger partial charge in [0.05, 0.1) is 12.1 Å². The summed E-state index contributed by atoms with van der Waals surface area (Å²) in [6, 6.07) is 3.64. The van der Waals surface area contributed by atoms with Crippen LogP contribution in [0.4, 0.5) is 0 Å². The molecule has 0 aliphatic rings. The fourth-order valence-corrected chi connectivity index (χ4v) is 2.38. The van der Waals surface area contributed by atoms with Crippen molar-refractivity contribution in [2.45, 2.75) is 6.10 Å². The van der Waals surface area contributed by atoms with E-state index in [1.807, 2.05) is 6.07 Å². The fraction of sp³-hybridized carbons (Fsp3) is 0.167. The zero-order valence-electron chi connectivity index (χ0n) is 10.1. The Bertz CT molecular complexity index is 684. The third-order valence-corrected chi connectivity index (χ3v) is 4.60. The summed E-state index contributed by atoms with van der Waals surface area (Å²) in [4.78, 5) is 25.7. The summed E-state index contributed by atoms with van der Waals surface area (Å²) < 4.78 is 1.68. The maximum Gasteiger partial charge on any atom is 0.253 e. The van der Waals surface area contributed by atoms with Gasteiger partial charge in [-0.2, -0.15) is 0 Å². The van der Waals surface area contributed by atoms with Gasteiger partial charge in [0.25, 0.3) is 5.91 Å². The molecule has 0 bridgehead atoms. The Hall–Kier alpha value is -1.38. The molecule has 0 aliphatic heterocycles. The molecule has 1 aromatic heterocycles. The number of carbonyl (C=O) groups is 2. The van der Waals surface area contributed by atoms with E-state index >= 15 is 0 Å². The van der Waals surface area contributed by atoms with Gasteiger partial charge in [0, 0.05) is 26.0 Å². The average Bonchev–Trinajstić information content (AvgIpc) is 2.78. The molecular formula is C12H11Br2N3O3. The number of hydrogen-bond donors (Lipinski definition) is 4. The molecule has 106 valence electrons. The molecule has 6 nitrogen and oxygen atoms in total. The normalized spacial score (nSPS) is 12.3. The number of benzene rings is 1. The highest BCUT2D eigenvalue weighted by Gasteiger charge is 2.16. The van der Waals surface area contributed by atoms with Crippen molar-refractivity contribution in [3.05, 3.63) is 32.8 Å². The summed E-state index contributed by atoms with van der Waals surface area (Å²) in [5.41, 5.74) is 6.12. The van der Waals surface area contributed by atoms with E-state index in [9.17, 15) is 14.7 Å². The summed E-state index contributed by atoms with van der Waals surface area (Å²) in [5.74, 6) is -1.28. The zero-order valence-corrected chi connectivity index (χ0v) is 13.3. The van der Waals surface area contributed by atoms with Gasteiger partial charge in [-0.15, -0.1) is 0 Å². The molecule has 2 rings (SSSR count). The minimum Gasteiger partial charge on any atom is -0.381 e. The maximum atomic E-state index is 12.0. The van der Waals surface area contributed by atoms with Crippen molar-refractivity contribution in [3.63, 3.8) is 0 Å². The summed E-state index contributed by atoms with van der Waals surface area (Å²) in [5, 5.41) is 12.4. The van der Waals surface area contributed by atoms with E-state index < -0.39 is 17.9 Å². The standard InChI is InChI=1S/C12H11Br2N3O3/c13-7-1-5-6(3-16-9(5)2-8(7)14)12(20)17-4-10(18)11(15)19/h1-3,10,16,18H,4H2,(H2,15,19)(H,17,20). The van der Waals surface area contributed by atoms with Crippen LogP contribution in [0.2, 0.25) is 0 Å². The Morgan fingerprint density at radius 2 is 2.00 bits per heavy atom. The molecule has 1 unspecified atom stereocenters. The topological polar surface area (TPSA) is 108 Å². The summed E-state index contributed by atoms with van der Waals surface area (Å²) in [6.45, 7) is -0.224. The van der Waals surface area contributed by atoms with Crippen LogP contribution in [0.25, 0.3) is 10.9 Å². The molecule has 20 heavy (non-hydrogen) atoms. The van der Waals surface area contributed by atoms with Gasteiger partial charge >= 0.3 is 0 Å². The molecule has 1 aromatic carbocycles. The number of aromatic nitrogens is 1. The Morgan fingerprint density at radius 1 is 1.35 bits per heavy atom. The van der Waals surface area contributed by atoms with Crippen LogP contribution in [-0.2, 0) is 4.79 Å². The Morgan fingerprint density at radius 3 is 2.65 bits per heavy atom. The van der Waals surface area contributed by atoms with Crippen molar-refractivity contribution in [2.24, 2.45) is 5.73 Å². The van der Waals surface area contributed by atoms with Crippen LogP contribution in [0, 0.1) is 0 Å². The summed E-state index contributed by atoms with van der Waals surface area (Å²) in [6.07, 6.45) is 0.167. The molecule has 1 heterocycles. The molecule has 0 saturated heterocycles. The number of fused-ring (bicyclic) bond motifs is 1. The molecule has 2 aromatic rings. The van der Waals surface area contributed by atoms with Crippen LogP contribution in [0.15, 0.2) is 27.3 Å². The number of H-pyrrole nitrogens is 1. The van der Waals surface area contributed by atoms with Crippen molar-refractivity contribution >= 4 is 54.6 Å². The van der Waals surface area contributed by atoms with E-state index in [1.165, 1.54) is 0 Å². The number of amides is 2. The number of nitrogens with one attached hydrogen (secondary N) is 2. The number of aliphatic hydroxyl groups excluding tert-OH is 1. The average molecular weight is 405 g/mol. The third kappa shape index (κ3) is 3.02. The zero-order chi connectivity index (χ0) is 14.9. The van der Waals surface area contributed by atoms with Crippen molar-refractivity contribution < 1.29 is 14.7 Å². The highest BCUT2D eigenvalue weighted by molar-refractivity contribution is 9.13. The number of halogens is 2. The SMILES string of the molecule is NC(=O)C(O)CNC(=O)c1c[nH]c2cc(Br)c(Br)cc12. The number of rotatable bonds is 4. The molecule has 8 heteroatoms. The first-order valence-corrected chi connectivity index (χ1v) is 7.20. The van der Waals surface area contributed by atoms with Crippen LogP contribution < -0.4 is 11.1 Å². The van der Waals surface area contributed by atoms with Crippen LogP contribution in [0.5, 0.6) is 0 Å². The molecule has 0 radical (unpaired) electrons. The van der Waals surface area contributed by atoms with Crippen LogP contribution in [0.3, 0.4) is 0 Å². The lowest BCUT2D eigenvalue weighted by Crippen LogP contribution is -2.39. The molecule has 2 amide bonds. The monoisotopic (exact) mass is 403 g/mol. The molecule has 1 atom stereocenters. The first kappa shape index (κ1) is 15.0. The lowest BCUT2D eigenvalue weighted by molar-refractivity contribution is -0.125. The summed E-state index contributed by atoms with van der Waals surface area (Å²) >= 11 is 6.75. The lowest BCUT2D eigenvalue weighted by Gasteiger charge is -2.08. The predicted octanol–water partition coefficient (Wildman–Crippen LogP) is 1.27.